The summed E-state index contributed by atoms with van der Waals surface area (Å²) in [5.41, 5.74) is 0.756. The summed E-state index contributed by atoms with van der Waals surface area (Å²) < 4.78 is 4.91. The van der Waals surface area contributed by atoms with Crippen molar-refractivity contribution in [1.82, 2.24) is 5.32 Å². The van der Waals surface area contributed by atoms with Gasteiger partial charge in [0.1, 0.15) is 6.04 Å². The normalized spacial score (nSPS) is 13.5. The van der Waals surface area contributed by atoms with Crippen molar-refractivity contribution in [3.63, 3.8) is 0 Å². The van der Waals surface area contributed by atoms with Gasteiger partial charge in [-0.3, -0.25) is 4.79 Å². The summed E-state index contributed by atoms with van der Waals surface area (Å²) in [6, 6.07) is 8.20. The minimum absolute atomic E-state index is 0.243. The monoisotopic (exact) mass is 269 g/mol. The van der Waals surface area contributed by atoms with E-state index in [1.54, 1.807) is 19.1 Å². The number of hydrogen-bond donors (Lipinski definition) is 1. The number of carbonyl (C=O) groups excluding carboxylic acids is 2. The lowest BCUT2D eigenvalue weighted by Gasteiger charge is -2.21. The second-order valence-corrected chi connectivity index (χ2v) is 4.21. The number of halogens is 1. The summed E-state index contributed by atoms with van der Waals surface area (Å²) in [5, 5.41) is 1.86. The Morgan fingerprint density at radius 2 is 1.94 bits per heavy atom. The maximum absolute atomic E-state index is 11.8. The topological polar surface area (TPSA) is 55.4 Å². The zero-order valence-corrected chi connectivity index (χ0v) is 11.1. The molecule has 0 aliphatic carbocycles. The van der Waals surface area contributed by atoms with E-state index in [1.807, 2.05) is 18.2 Å². The second kappa shape index (κ2) is 7.01. The first-order chi connectivity index (χ1) is 8.56. The predicted octanol–water partition coefficient (Wildman–Crippen LogP) is 2.03. The molecule has 0 bridgehead atoms. The van der Waals surface area contributed by atoms with Crippen LogP contribution in [0.25, 0.3) is 0 Å². The molecule has 5 heteroatoms. The first-order valence-corrected chi connectivity index (χ1v) is 6.12. The fourth-order valence-electron chi connectivity index (χ4n) is 1.53. The molecule has 0 fully saturated rings. The molecule has 1 rings (SSSR count). The van der Waals surface area contributed by atoms with Gasteiger partial charge in [-0.1, -0.05) is 30.3 Å². The summed E-state index contributed by atoms with van der Waals surface area (Å²) in [6.07, 6.45) is 0. The highest BCUT2D eigenvalue weighted by Crippen LogP contribution is 2.24. The molecule has 0 aliphatic rings. The first kappa shape index (κ1) is 14.5. The minimum atomic E-state index is -0.883. The molecule has 0 saturated carbocycles. The lowest BCUT2D eigenvalue weighted by molar-refractivity contribution is -0.147. The lowest BCUT2D eigenvalue weighted by Crippen LogP contribution is -2.43. The fraction of sp³-hybridized carbons (Fsp3) is 0.385. The molecule has 0 heterocycles. The van der Waals surface area contributed by atoms with Crippen LogP contribution in [0.3, 0.4) is 0 Å². The maximum atomic E-state index is 11.8. The van der Waals surface area contributed by atoms with Crippen molar-refractivity contribution < 1.29 is 14.3 Å². The molecule has 0 saturated heterocycles. The number of carbonyl (C=O) groups is 2. The van der Waals surface area contributed by atoms with Gasteiger partial charge in [-0.25, -0.2) is 4.79 Å². The van der Waals surface area contributed by atoms with E-state index in [4.69, 9.17) is 16.3 Å². The van der Waals surface area contributed by atoms with Gasteiger partial charge in [0.25, 0.3) is 0 Å². The second-order valence-electron chi connectivity index (χ2n) is 3.74. The Bertz CT molecular complexity index is 408. The largest absolute Gasteiger partial charge is 0.464 e. The number of benzene rings is 1. The van der Waals surface area contributed by atoms with Gasteiger partial charge in [0.2, 0.25) is 5.91 Å². The number of hydrogen-bond acceptors (Lipinski definition) is 3. The fourth-order valence-corrected chi connectivity index (χ4v) is 1.84. The average molecular weight is 270 g/mol. The third-order valence-electron chi connectivity index (χ3n) is 2.31. The van der Waals surface area contributed by atoms with E-state index in [0.29, 0.717) is 0 Å². The van der Waals surface area contributed by atoms with Crippen LogP contribution in [0.5, 0.6) is 0 Å². The molecule has 18 heavy (non-hydrogen) atoms. The molecule has 1 N–H and O–H groups in total. The summed E-state index contributed by atoms with van der Waals surface area (Å²) in [4.78, 5) is 22.9. The van der Waals surface area contributed by atoms with Crippen LogP contribution in [0.1, 0.15) is 24.8 Å². The third-order valence-corrected chi connectivity index (χ3v) is 2.81. The summed E-state index contributed by atoms with van der Waals surface area (Å²) >= 11 is 6.23. The van der Waals surface area contributed by atoms with E-state index in [2.05, 4.69) is 5.32 Å². The summed E-state index contributed by atoms with van der Waals surface area (Å²) in [7, 11) is 0. The van der Waals surface area contributed by atoms with E-state index in [9.17, 15) is 9.59 Å². The molecule has 0 unspecified atom stereocenters. The Labute approximate surface area is 111 Å². The average Bonchev–Trinajstić information content (AvgIpc) is 2.36. The number of alkyl halides is 1. The van der Waals surface area contributed by atoms with Gasteiger partial charge in [0.15, 0.2) is 0 Å². The molecule has 0 spiro atoms. The summed E-state index contributed by atoms with van der Waals surface area (Å²) in [5.74, 6) is -0.855. The number of amides is 1. The van der Waals surface area contributed by atoms with E-state index in [-0.39, 0.29) is 12.5 Å². The van der Waals surface area contributed by atoms with Crippen LogP contribution < -0.4 is 5.32 Å². The van der Waals surface area contributed by atoms with Crippen LogP contribution in [0, 0.1) is 0 Å². The van der Waals surface area contributed by atoms with Crippen LogP contribution in [0.2, 0.25) is 0 Å². The van der Waals surface area contributed by atoms with Crippen molar-refractivity contribution >= 4 is 23.5 Å². The molecule has 1 aromatic carbocycles. The molecule has 0 radical (unpaired) electrons. The zero-order chi connectivity index (χ0) is 13.5. The van der Waals surface area contributed by atoms with E-state index in [1.165, 1.54) is 6.92 Å². The van der Waals surface area contributed by atoms with E-state index in [0.717, 1.165) is 5.56 Å². The van der Waals surface area contributed by atoms with Gasteiger partial charge < -0.3 is 10.1 Å². The highest BCUT2D eigenvalue weighted by molar-refractivity contribution is 6.23. The molecule has 2 atom stereocenters. The Morgan fingerprint density at radius 1 is 1.33 bits per heavy atom. The summed E-state index contributed by atoms with van der Waals surface area (Å²) in [6.45, 7) is 3.28. The molecule has 0 aromatic heterocycles. The molecular formula is C13H16ClNO3. The van der Waals surface area contributed by atoms with Gasteiger partial charge in [0.05, 0.1) is 12.0 Å². The first-order valence-electron chi connectivity index (χ1n) is 5.69. The molecule has 0 aliphatic heterocycles. The lowest BCUT2D eigenvalue weighted by atomic mass is 10.1. The van der Waals surface area contributed by atoms with E-state index < -0.39 is 17.4 Å². The van der Waals surface area contributed by atoms with Gasteiger partial charge in [-0.05, 0) is 12.5 Å². The molecule has 4 nitrogen and oxygen atoms in total. The predicted molar refractivity (Wildman–Crippen MR) is 69.3 cm³/mol. The smallest absolute Gasteiger partial charge is 0.330 e. The van der Waals surface area contributed by atoms with Gasteiger partial charge >= 0.3 is 5.97 Å². The molecule has 1 amide bonds. The number of ether oxygens (including phenoxy) is 1. The molecule has 98 valence electrons. The Morgan fingerprint density at radius 3 is 2.44 bits per heavy atom. The van der Waals surface area contributed by atoms with Gasteiger partial charge in [-0.2, -0.15) is 0 Å². The minimum Gasteiger partial charge on any atom is -0.464 e. The number of esters is 1. The van der Waals surface area contributed by atoms with Crippen LogP contribution >= 0.6 is 11.6 Å². The van der Waals surface area contributed by atoms with Crippen molar-refractivity contribution in [2.75, 3.05) is 6.61 Å². The Hall–Kier alpha value is -1.55. The van der Waals surface area contributed by atoms with Crippen LogP contribution in [-0.2, 0) is 14.3 Å². The highest BCUT2D eigenvalue weighted by Gasteiger charge is 2.29. The maximum Gasteiger partial charge on any atom is 0.330 e. The third kappa shape index (κ3) is 4.04. The number of nitrogens with one attached hydrogen (secondary N) is 1. The zero-order valence-electron chi connectivity index (χ0n) is 10.4. The number of rotatable bonds is 5. The van der Waals surface area contributed by atoms with Crippen LogP contribution in [-0.4, -0.2) is 24.5 Å². The van der Waals surface area contributed by atoms with E-state index >= 15 is 0 Å². The van der Waals surface area contributed by atoms with Crippen molar-refractivity contribution in [1.29, 1.82) is 0 Å². The molecule has 1 aromatic rings. The van der Waals surface area contributed by atoms with Crippen LogP contribution in [0.15, 0.2) is 30.3 Å². The van der Waals surface area contributed by atoms with Gasteiger partial charge in [-0.15, -0.1) is 11.6 Å². The van der Waals surface area contributed by atoms with Crippen LogP contribution in [0.4, 0.5) is 0 Å². The Balaban J connectivity index is 2.88. The van der Waals surface area contributed by atoms with Crippen molar-refractivity contribution in [2.24, 2.45) is 0 Å². The SMILES string of the molecule is CCOC(=O)[C@@H](NC(C)=O)[C@@H](Cl)c1ccccc1. The van der Waals surface area contributed by atoms with Gasteiger partial charge in [0, 0.05) is 6.92 Å². The van der Waals surface area contributed by atoms with Crippen molar-refractivity contribution in [3.8, 4) is 0 Å². The van der Waals surface area contributed by atoms with Crippen molar-refractivity contribution in [3.05, 3.63) is 35.9 Å². The standard InChI is InChI=1S/C13H16ClNO3/c1-3-18-13(17)12(15-9(2)16)11(14)10-7-5-4-6-8-10/h4-8,11-12H,3H2,1-2H3,(H,15,16)/t11-,12-/m0/s1. The van der Waals surface area contributed by atoms with Crippen molar-refractivity contribution in [2.45, 2.75) is 25.3 Å². The Kier molecular flexibility index (Phi) is 5.65. The highest BCUT2D eigenvalue weighted by atomic mass is 35.5. The quantitative estimate of drug-likeness (QED) is 0.657. The molecular weight excluding hydrogens is 254 g/mol.